The van der Waals surface area contributed by atoms with E-state index in [0.717, 1.165) is 5.56 Å². The Balaban J connectivity index is 2.61. The molecule has 3 amide bonds. The number of amides is 3. The number of carbonyl (C=O) groups excluding carboxylic acids is 3. The number of aryl methyl sites for hydroxylation is 1. The first-order valence-corrected chi connectivity index (χ1v) is 6.54. The van der Waals surface area contributed by atoms with Crippen molar-refractivity contribution in [2.24, 2.45) is 11.5 Å². The normalized spacial score (nSPS) is 10.2. The highest BCUT2D eigenvalue weighted by Gasteiger charge is 2.23. The lowest BCUT2D eigenvalue weighted by Gasteiger charge is -2.13. The summed E-state index contributed by atoms with van der Waals surface area (Å²) in [5.74, 6) is -1.74. The van der Waals surface area contributed by atoms with Crippen molar-refractivity contribution in [1.82, 2.24) is 5.32 Å². The molecule has 0 aliphatic carbocycles. The Kier molecular flexibility index (Phi) is 6.19. The molecule has 0 aliphatic rings. The molecule has 114 valence electrons. The summed E-state index contributed by atoms with van der Waals surface area (Å²) in [6.45, 7) is 2.39. The molecule has 5 N–H and O–H groups in total. The summed E-state index contributed by atoms with van der Waals surface area (Å²) in [6, 6.07) is 5.85. The Hall–Kier alpha value is -2.57. The van der Waals surface area contributed by atoms with Gasteiger partial charge < -0.3 is 21.5 Å². The fraction of sp³-hybridized carbons (Fsp3) is 0.357. The predicted octanol–water partition coefficient (Wildman–Crippen LogP) is -0.527. The maximum atomic E-state index is 11.7. The van der Waals surface area contributed by atoms with E-state index in [9.17, 15) is 14.4 Å². The van der Waals surface area contributed by atoms with E-state index in [1.165, 1.54) is 0 Å². The zero-order chi connectivity index (χ0) is 15.8. The fourth-order valence-corrected chi connectivity index (χ4v) is 1.77. The first kappa shape index (κ1) is 16.5. The van der Waals surface area contributed by atoms with Gasteiger partial charge in [0.2, 0.25) is 17.7 Å². The Bertz CT molecular complexity index is 517. The molecule has 0 unspecified atom stereocenters. The number of para-hydroxylation sites is 1. The summed E-state index contributed by atoms with van der Waals surface area (Å²) in [5.41, 5.74) is 10.8. The van der Waals surface area contributed by atoms with Crippen molar-refractivity contribution in [2.45, 2.75) is 25.8 Å². The van der Waals surface area contributed by atoms with Crippen molar-refractivity contribution in [1.29, 1.82) is 0 Å². The van der Waals surface area contributed by atoms with Gasteiger partial charge in [0.05, 0.1) is 6.61 Å². The van der Waals surface area contributed by atoms with Crippen LogP contribution in [0.1, 0.15) is 18.9 Å². The van der Waals surface area contributed by atoms with E-state index >= 15 is 0 Å². The SMILES string of the molecule is CCOc1ccccc1CCC(=O)NC(C(N)=O)C(N)=O. The van der Waals surface area contributed by atoms with Gasteiger partial charge in [0.1, 0.15) is 5.75 Å². The molecule has 1 aromatic carbocycles. The summed E-state index contributed by atoms with van der Waals surface area (Å²) in [4.78, 5) is 33.7. The predicted molar refractivity (Wildman–Crippen MR) is 76.3 cm³/mol. The zero-order valence-corrected chi connectivity index (χ0v) is 11.8. The van der Waals surface area contributed by atoms with Crippen molar-refractivity contribution < 1.29 is 19.1 Å². The van der Waals surface area contributed by atoms with Crippen LogP contribution in [0.25, 0.3) is 0 Å². The molecule has 0 spiro atoms. The Morgan fingerprint density at radius 1 is 1.19 bits per heavy atom. The van der Waals surface area contributed by atoms with Gasteiger partial charge in [-0.1, -0.05) is 18.2 Å². The van der Waals surface area contributed by atoms with Gasteiger partial charge in [-0.3, -0.25) is 14.4 Å². The minimum atomic E-state index is -1.49. The highest BCUT2D eigenvalue weighted by Crippen LogP contribution is 2.19. The Morgan fingerprint density at radius 3 is 2.38 bits per heavy atom. The zero-order valence-electron chi connectivity index (χ0n) is 11.8. The average Bonchev–Trinajstić information content (AvgIpc) is 2.43. The largest absolute Gasteiger partial charge is 0.494 e. The van der Waals surface area contributed by atoms with Crippen LogP contribution in [0.15, 0.2) is 24.3 Å². The van der Waals surface area contributed by atoms with Crippen LogP contribution in [-0.4, -0.2) is 30.4 Å². The molecule has 0 aromatic heterocycles. The van der Waals surface area contributed by atoms with Crippen LogP contribution in [0.2, 0.25) is 0 Å². The summed E-state index contributed by atoms with van der Waals surface area (Å²) >= 11 is 0. The molecule has 0 heterocycles. The molecule has 0 fully saturated rings. The minimum absolute atomic E-state index is 0.0845. The topological polar surface area (TPSA) is 125 Å². The monoisotopic (exact) mass is 293 g/mol. The number of ether oxygens (including phenoxy) is 1. The maximum Gasteiger partial charge on any atom is 0.249 e. The van der Waals surface area contributed by atoms with Crippen molar-refractivity contribution in [3.63, 3.8) is 0 Å². The number of hydrogen-bond donors (Lipinski definition) is 3. The van der Waals surface area contributed by atoms with Gasteiger partial charge in [-0.05, 0) is 25.0 Å². The molecule has 21 heavy (non-hydrogen) atoms. The second-order valence-corrected chi connectivity index (χ2v) is 4.35. The molecule has 7 heteroatoms. The lowest BCUT2D eigenvalue weighted by atomic mass is 10.1. The van der Waals surface area contributed by atoms with Crippen LogP contribution in [-0.2, 0) is 20.8 Å². The van der Waals surface area contributed by atoms with Gasteiger partial charge in [-0.2, -0.15) is 0 Å². The van der Waals surface area contributed by atoms with Gasteiger partial charge in [-0.15, -0.1) is 0 Å². The van der Waals surface area contributed by atoms with E-state index in [0.29, 0.717) is 18.8 Å². The number of rotatable bonds is 8. The molecule has 0 radical (unpaired) electrons. The highest BCUT2D eigenvalue weighted by atomic mass is 16.5. The van der Waals surface area contributed by atoms with E-state index < -0.39 is 23.8 Å². The second kappa shape index (κ2) is 7.88. The van der Waals surface area contributed by atoms with Gasteiger partial charge in [0, 0.05) is 6.42 Å². The van der Waals surface area contributed by atoms with Crippen molar-refractivity contribution in [3.05, 3.63) is 29.8 Å². The number of hydrogen-bond acceptors (Lipinski definition) is 4. The molecule has 0 bridgehead atoms. The quantitative estimate of drug-likeness (QED) is 0.557. The number of primary amides is 2. The molecule has 7 nitrogen and oxygen atoms in total. The third-order valence-corrected chi connectivity index (χ3v) is 2.77. The van der Waals surface area contributed by atoms with Gasteiger partial charge in [0.25, 0.3) is 0 Å². The third kappa shape index (κ3) is 5.13. The number of carbonyl (C=O) groups is 3. The number of nitrogens with two attached hydrogens (primary N) is 2. The summed E-state index contributed by atoms with van der Waals surface area (Å²) < 4.78 is 5.45. The number of benzene rings is 1. The highest BCUT2D eigenvalue weighted by molar-refractivity contribution is 6.05. The molecule has 0 aliphatic heterocycles. The standard InChI is InChI=1S/C14H19N3O4/c1-2-21-10-6-4-3-5-9(10)7-8-11(18)17-12(13(15)19)14(16)20/h3-6,12H,2,7-8H2,1H3,(H2,15,19)(H2,16,20)(H,17,18). The Labute approximate surface area is 122 Å². The van der Waals surface area contributed by atoms with Crippen LogP contribution in [0.5, 0.6) is 5.75 Å². The molecule has 1 aromatic rings. The third-order valence-electron chi connectivity index (χ3n) is 2.77. The summed E-state index contributed by atoms with van der Waals surface area (Å²) in [5, 5.41) is 2.21. The minimum Gasteiger partial charge on any atom is -0.494 e. The first-order valence-electron chi connectivity index (χ1n) is 6.54. The van der Waals surface area contributed by atoms with E-state index in [2.05, 4.69) is 5.32 Å². The van der Waals surface area contributed by atoms with E-state index in [1.807, 2.05) is 31.2 Å². The first-order chi connectivity index (χ1) is 9.95. The lowest BCUT2D eigenvalue weighted by molar-refractivity contribution is -0.133. The molecule has 1 rings (SSSR count). The molecule has 0 saturated heterocycles. The van der Waals surface area contributed by atoms with E-state index in [-0.39, 0.29) is 6.42 Å². The molecule has 0 saturated carbocycles. The van der Waals surface area contributed by atoms with Gasteiger partial charge in [-0.25, -0.2) is 0 Å². The second-order valence-electron chi connectivity index (χ2n) is 4.35. The van der Waals surface area contributed by atoms with E-state index in [4.69, 9.17) is 16.2 Å². The summed E-state index contributed by atoms with van der Waals surface area (Å²) in [7, 11) is 0. The maximum absolute atomic E-state index is 11.7. The van der Waals surface area contributed by atoms with Gasteiger partial charge >= 0.3 is 0 Å². The van der Waals surface area contributed by atoms with Crippen molar-refractivity contribution in [3.8, 4) is 5.75 Å². The fourth-order valence-electron chi connectivity index (χ4n) is 1.77. The molecular formula is C14H19N3O4. The van der Waals surface area contributed by atoms with Crippen LogP contribution in [0.4, 0.5) is 0 Å². The Morgan fingerprint density at radius 2 is 1.81 bits per heavy atom. The molecule has 0 atom stereocenters. The average molecular weight is 293 g/mol. The lowest BCUT2D eigenvalue weighted by Crippen LogP contribution is -2.52. The van der Waals surface area contributed by atoms with Crippen LogP contribution >= 0.6 is 0 Å². The van der Waals surface area contributed by atoms with Crippen LogP contribution < -0.4 is 21.5 Å². The summed E-state index contributed by atoms with van der Waals surface area (Å²) in [6.07, 6.45) is 0.493. The number of nitrogens with one attached hydrogen (secondary N) is 1. The van der Waals surface area contributed by atoms with Crippen molar-refractivity contribution in [2.75, 3.05) is 6.61 Å². The van der Waals surface area contributed by atoms with Gasteiger partial charge in [0.15, 0.2) is 6.04 Å². The van der Waals surface area contributed by atoms with Crippen LogP contribution in [0.3, 0.4) is 0 Å². The smallest absolute Gasteiger partial charge is 0.249 e. The van der Waals surface area contributed by atoms with Crippen molar-refractivity contribution >= 4 is 17.7 Å². The van der Waals surface area contributed by atoms with Crippen LogP contribution in [0, 0.1) is 0 Å². The molecular weight excluding hydrogens is 274 g/mol. The van der Waals surface area contributed by atoms with E-state index in [1.54, 1.807) is 0 Å².